The third-order valence-electron chi connectivity index (χ3n) is 4.97. The molecule has 1 aliphatic rings. The van der Waals surface area contributed by atoms with Gasteiger partial charge in [-0.3, -0.25) is 14.4 Å². The number of benzene rings is 1. The second-order valence-corrected chi connectivity index (χ2v) is 8.11. The van der Waals surface area contributed by atoms with E-state index in [-0.39, 0.29) is 12.0 Å². The number of nitrogens with zero attached hydrogens (tertiary/aromatic N) is 4. The van der Waals surface area contributed by atoms with Crippen molar-refractivity contribution in [1.29, 1.82) is 0 Å². The molecule has 154 valence electrons. The first-order chi connectivity index (χ1) is 14.1. The fourth-order valence-corrected chi connectivity index (χ4v) is 4.60. The van der Waals surface area contributed by atoms with Crippen molar-refractivity contribution < 1.29 is 14.3 Å². The largest absolute Gasteiger partial charge is 0.494 e. The van der Waals surface area contributed by atoms with E-state index in [0.717, 1.165) is 41.1 Å². The molecule has 0 radical (unpaired) electrons. The van der Waals surface area contributed by atoms with Gasteiger partial charge in [0.05, 0.1) is 35.2 Å². The molecule has 1 aromatic carbocycles. The molecule has 0 N–H and O–H groups in total. The molecule has 1 amide bonds. The Hall–Kier alpha value is -2.45. The standard InChI is InChI=1S/C21H26N4O3S/c1-4-25-18(11-14(3)23-25)20(26)24(13-16-7-6-10-28-16)21-22-17-9-8-15(27-5-2)12-19(17)29-21/h8-9,11-12,16H,4-7,10,13H2,1-3H3. The maximum absolute atomic E-state index is 13.5. The first-order valence-corrected chi connectivity index (χ1v) is 10.9. The van der Waals surface area contributed by atoms with Gasteiger partial charge in [-0.2, -0.15) is 5.10 Å². The smallest absolute Gasteiger partial charge is 0.278 e. The molecule has 1 fully saturated rings. The Morgan fingerprint density at radius 3 is 2.97 bits per heavy atom. The van der Waals surface area contributed by atoms with Gasteiger partial charge < -0.3 is 9.47 Å². The molecule has 7 nitrogen and oxygen atoms in total. The number of carbonyl (C=O) groups excluding carboxylic acids is 1. The van der Waals surface area contributed by atoms with E-state index < -0.39 is 0 Å². The summed E-state index contributed by atoms with van der Waals surface area (Å²) in [6.45, 7) is 8.34. The molecule has 1 saturated heterocycles. The Morgan fingerprint density at radius 1 is 1.38 bits per heavy atom. The summed E-state index contributed by atoms with van der Waals surface area (Å²) in [5.41, 5.74) is 2.27. The van der Waals surface area contributed by atoms with E-state index in [1.54, 1.807) is 9.58 Å². The average molecular weight is 415 g/mol. The second kappa shape index (κ2) is 8.51. The van der Waals surface area contributed by atoms with Gasteiger partial charge in [0.1, 0.15) is 11.4 Å². The van der Waals surface area contributed by atoms with Crippen LogP contribution in [0.4, 0.5) is 5.13 Å². The van der Waals surface area contributed by atoms with Crippen LogP contribution in [0.3, 0.4) is 0 Å². The van der Waals surface area contributed by atoms with Gasteiger partial charge in [0.25, 0.3) is 5.91 Å². The molecule has 0 bridgehead atoms. The van der Waals surface area contributed by atoms with Crippen molar-refractivity contribution in [2.24, 2.45) is 0 Å². The van der Waals surface area contributed by atoms with Gasteiger partial charge in [-0.05, 0) is 57.9 Å². The third-order valence-corrected chi connectivity index (χ3v) is 6.01. The highest BCUT2D eigenvalue weighted by Crippen LogP contribution is 2.33. The van der Waals surface area contributed by atoms with Crippen LogP contribution in [0.25, 0.3) is 10.2 Å². The van der Waals surface area contributed by atoms with Crippen LogP contribution in [0.2, 0.25) is 0 Å². The Balaban J connectivity index is 1.71. The number of carbonyl (C=O) groups is 1. The van der Waals surface area contributed by atoms with Crippen molar-refractivity contribution in [3.63, 3.8) is 0 Å². The Labute approximate surface area is 174 Å². The molecule has 0 saturated carbocycles. The van der Waals surface area contributed by atoms with Gasteiger partial charge in [-0.25, -0.2) is 4.98 Å². The normalized spacial score (nSPS) is 16.4. The van der Waals surface area contributed by atoms with E-state index >= 15 is 0 Å². The zero-order valence-corrected chi connectivity index (χ0v) is 17.9. The molecule has 4 rings (SSSR count). The lowest BCUT2D eigenvalue weighted by molar-refractivity contribution is 0.0908. The number of amides is 1. The van der Waals surface area contributed by atoms with E-state index in [1.807, 2.05) is 45.0 Å². The molecular formula is C21H26N4O3S. The number of ether oxygens (including phenoxy) is 2. The monoisotopic (exact) mass is 414 g/mol. The van der Waals surface area contributed by atoms with Gasteiger partial charge in [0.15, 0.2) is 5.13 Å². The highest BCUT2D eigenvalue weighted by atomic mass is 32.1. The lowest BCUT2D eigenvalue weighted by atomic mass is 10.2. The Morgan fingerprint density at radius 2 is 2.24 bits per heavy atom. The SMILES string of the molecule is CCOc1ccc2nc(N(CC3CCCO3)C(=O)c3cc(C)nn3CC)sc2c1. The van der Waals surface area contributed by atoms with Crippen LogP contribution in [-0.2, 0) is 11.3 Å². The predicted molar refractivity (Wildman–Crippen MR) is 114 cm³/mol. The summed E-state index contributed by atoms with van der Waals surface area (Å²) in [6.07, 6.45) is 2.01. The second-order valence-electron chi connectivity index (χ2n) is 7.10. The number of thiazole rings is 1. The fraction of sp³-hybridized carbons (Fsp3) is 0.476. The molecule has 2 aromatic heterocycles. The maximum Gasteiger partial charge on any atom is 0.278 e. The van der Waals surface area contributed by atoms with Crippen LogP contribution in [0.5, 0.6) is 5.75 Å². The minimum Gasteiger partial charge on any atom is -0.494 e. The van der Waals surface area contributed by atoms with E-state index in [9.17, 15) is 4.79 Å². The molecule has 3 aromatic rings. The van der Waals surface area contributed by atoms with Crippen LogP contribution in [0.15, 0.2) is 24.3 Å². The molecular weight excluding hydrogens is 388 g/mol. The van der Waals surface area contributed by atoms with Crippen molar-refractivity contribution in [1.82, 2.24) is 14.8 Å². The quantitative estimate of drug-likeness (QED) is 0.583. The van der Waals surface area contributed by atoms with Gasteiger partial charge in [0.2, 0.25) is 0 Å². The minimum atomic E-state index is -0.0907. The van der Waals surface area contributed by atoms with Gasteiger partial charge in [-0.1, -0.05) is 11.3 Å². The van der Waals surface area contributed by atoms with Gasteiger partial charge in [-0.15, -0.1) is 0 Å². The number of aryl methyl sites for hydroxylation is 2. The molecule has 1 unspecified atom stereocenters. The lowest BCUT2D eigenvalue weighted by Crippen LogP contribution is -2.38. The van der Waals surface area contributed by atoms with E-state index in [4.69, 9.17) is 14.5 Å². The van der Waals surface area contributed by atoms with Gasteiger partial charge in [0, 0.05) is 13.2 Å². The van der Waals surface area contributed by atoms with Crippen molar-refractivity contribution in [2.75, 3.05) is 24.7 Å². The molecule has 29 heavy (non-hydrogen) atoms. The first-order valence-electron chi connectivity index (χ1n) is 10.1. The van der Waals surface area contributed by atoms with Crippen molar-refractivity contribution in [3.8, 4) is 5.75 Å². The van der Waals surface area contributed by atoms with E-state index in [2.05, 4.69) is 5.10 Å². The number of fused-ring (bicyclic) bond motifs is 1. The van der Waals surface area contributed by atoms with Crippen LogP contribution >= 0.6 is 11.3 Å². The summed E-state index contributed by atoms with van der Waals surface area (Å²) in [4.78, 5) is 20.0. The minimum absolute atomic E-state index is 0.0315. The van der Waals surface area contributed by atoms with Crippen LogP contribution in [0.1, 0.15) is 42.9 Å². The van der Waals surface area contributed by atoms with Crippen LogP contribution in [0, 0.1) is 6.92 Å². The average Bonchev–Trinajstić information content (AvgIpc) is 3.44. The molecule has 0 aliphatic carbocycles. The number of hydrogen-bond donors (Lipinski definition) is 0. The first kappa shape index (κ1) is 19.8. The summed E-state index contributed by atoms with van der Waals surface area (Å²) >= 11 is 1.50. The zero-order chi connectivity index (χ0) is 20.4. The molecule has 8 heteroatoms. The number of hydrogen-bond acceptors (Lipinski definition) is 6. The summed E-state index contributed by atoms with van der Waals surface area (Å²) < 4.78 is 14.2. The van der Waals surface area contributed by atoms with Gasteiger partial charge >= 0.3 is 0 Å². The zero-order valence-electron chi connectivity index (χ0n) is 17.1. The van der Waals surface area contributed by atoms with Crippen molar-refractivity contribution in [2.45, 2.75) is 46.3 Å². The summed E-state index contributed by atoms with van der Waals surface area (Å²) in [5, 5.41) is 5.11. The number of rotatable bonds is 7. The van der Waals surface area contributed by atoms with Crippen molar-refractivity contribution in [3.05, 3.63) is 35.7 Å². The molecule has 1 aliphatic heterocycles. The van der Waals surface area contributed by atoms with E-state index in [0.29, 0.717) is 30.5 Å². The highest BCUT2D eigenvalue weighted by Gasteiger charge is 2.29. The summed E-state index contributed by atoms with van der Waals surface area (Å²) in [6, 6.07) is 7.68. The Kier molecular flexibility index (Phi) is 5.82. The highest BCUT2D eigenvalue weighted by molar-refractivity contribution is 7.22. The predicted octanol–water partition coefficient (Wildman–Crippen LogP) is 4.05. The molecule has 3 heterocycles. The fourth-order valence-electron chi connectivity index (χ4n) is 3.60. The van der Waals surface area contributed by atoms with Crippen molar-refractivity contribution >= 4 is 32.6 Å². The topological polar surface area (TPSA) is 69.5 Å². The molecule has 1 atom stereocenters. The molecule has 0 spiro atoms. The lowest BCUT2D eigenvalue weighted by Gasteiger charge is -2.23. The van der Waals surface area contributed by atoms with E-state index in [1.165, 1.54) is 11.3 Å². The summed E-state index contributed by atoms with van der Waals surface area (Å²) in [7, 11) is 0. The summed E-state index contributed by atoms with van der Waals surface area (Å²) in [5.74, 6) is 0.721. The Bertz CT molecular complexity index is 1010. The van der Waals surface area contributed by atoms with Crippen LogP contribution in [-0.4, -0.2) is 46.5 Å². The maximum atomic E-state index is 13.5. The number of aromatic nitrogens is 3. The third kappa shape index (κ3) is 4.13. The van der Waals surface area contributed by atoms with Crippen LogP contribution < -0.4 is 9.64 Å². The number of anilines is 1.